The lowest BCUT2D eigenvalue weighted by molar-refractivity contribution is 0.0945. The lowest BCUT2D eigenvalue weighted by atomic mass is 10.1. The number of furan rings is 1. The predicted molar refractivity (Wildman–Crippen MR) is 108 cm³/mol. The highest BCUT2D eigenvalue weighted by atomic mass is 32.2. The molecule has 1 amide bonds. The smallest absolute Gasteiger partial charge is 0.252 e. The molecular formula is C22H22FNO3S. The summed E-state index contributed by atoms with van der Waals surface area (Å²) in [5.41, 5.74) is 2.11. The van der Waals surface area contributed by atoms with Crippen LogP contribution < -0.4 is 5.32 Å². The third-order valence-corrected chi connectivity index (χ3v) is 6.19. The molecular weight excluding hydrogens is 377 g/mol. The summed E-state index contributed by atoms with van der Waals surface area (Å²) in [6.07, 6.45) is 2.45. The first kappa shape index (κ1) is 19.0. The average Bonchev–Trinajstić information content (AvgIpc) is 3.33. The van der Waals surface area contributed by atoms with Crippen molar-refractivity contribution in [1.82, 2.24) is 5.32 Å². The van der Waals surface area contributed by atoms with E-state index >= 15 is 0 Å². The lowest BCUT2D eigenvalue weighted by Crippen LogP contribution is -2.23. The van der Waals surface area contributed by atoms with Crippen LogP contribution in [-0.4, -0.2) is 24.4 Å². The van der Waals surface area contributed by atoms with E-state index in [0.29, 0.717) is 16.9 Å². The van der Waals surface area contributed by atoms with Crippen molar-refractivity contribution in [2.45, 2.75) is 37.3 Å². The summed E-state index contributed by atoms with van der Waals surface area (Å²) in [4.78, 5) is 13.7. The maximum atomic E-state index is 13.5. The van der Waals surface area contributed by atoms with Gasteiger partial charge in [0.05, 0.1) is 18.2 Å². The highest BCUT2D eigenvalue weighted by molar-refractivity contribution is 7.99. The summed E-state index contributed by atoms with van der Waals surface area (Å²) in [6.45, 7) is 2.96. The number of halogens is 1. The van der Waals surface area contributed by atoms with Crippen LogP contribution in [0.2, 0.25) is 0 Å². The van der Waals surface area contributed by atoms with Gasteiger partial charge in [0, 0.05) is 28.2 Å². The van der Waals surface area contributed by atoms with E-state index in [2.05, 4.69) is 5.32 Å². The van der Waals surface area contributed by atoms with Crippen molar-refractivity contribution in [1.29, 1.82) is 0 Å². The third-order valence-electron chi connectivity index (χ3n) is 4.99. The van der Waals surface area contributed by atoms with Gasteiger partial charge in [0.1, 0.15) is 17.2 Å². The van der Waals surface area contributed by atoms with Crippen molar-refractivity contribution >= 4 is 28.6 Å². The number of aryl methyl sites for hydroxylation is 1. The number of nitrogens with one attached hydrogen (secondary N) is 1. The number of ether oxygens (including phenoxy) is 1. The van der Waals surface area contributed by atoms with Crippen LogP contribution in [0.1, 0.15) is 34.5 Å². The Bertz CT molecular complexity index is 995. The Morgan fingerprint density at radius 2 is 2.14 bits per heavy atom. The number of benzene rings is 2. The number of rotatable bonds is 6. The van der Waals surface area contributed by atoms with Crippen LogP contribution in [-0.2, 0) is 11.3 Å². The number of carbonyl (C=O) groups is 1. The number of fused-ring (bicyclic) bond motifs is 1. The lowest BCUT2D eigenvalue weighted by Gasteiger charge is -2.12. The minimum absolute atomic E-state index is 0.151. The zero-order valence-corrected chi connectivity index (χ0v) is 16.5. The molecule has 1 fully saturated rings. The van der Waals surface area contributed by atoms with Crippen molar-refractivity contribution in [3.05, 3.63) is 65.2 Å². The summed E-state index contributed by atoms with van der Waals surface area (Å²) < 4.78 is 24.9. The molecule has 1 aliphatic rings. The first-order valence-corrected chi connectivity index (χ1v) is 10.4. The molecule has 2 aromatic carbocycles. The second-order valence-corrected chi connectivity index (χ2v) is 7.98. The first-order valence-electron chi connectivity index (χ1n) is 9.41. The Hall–Kier alpha value is -2.31. The van der Waals surface area contributed by atoms with Crippen LogP contribution >= 0.6 is 11.8 Å². The van der Waals surface area contributed by atoms with E-state index in [1.807, 2.05) is 31.2 Å². The molecule has 0 saturated carbocycles. The zero-order chi connectivity index (χ0) is 19.5. The molecule has 4 rings (SSSR count). The highest BCUT2D eigenvalue weighted by Gasteiger charge is 2.18. The van der Waals surface area contributed by atoms with E-state index in [-0.39, 0.29) is 24.4 Å². The monoisotopic (exact) mass is 399 g/mol. The second-order valence-electron chi connectivity index (χ2n) is 6.92. The maximum Gasteiger partial charge on any atom is 0.252 e. The number of thioether (sulfide) groups is 1. The molecule has 0 bridgehead atoms. The van der Waals surface area contributed by atoms with Crippen molar-refractivity contribution in [2.24, 2.45) is 0 Å². The summed E-state index contributed by atoms with van der Waals surface area (Å²) in [5.74, 6) is 1.03. The Kier molecular flexibility index (Phi) is 5.69. The quantitative estimate of drug-likeness (QED) is 0.587. The van der Waals surface area contributed by atoms with Gasteiger partial charge < -0.3 is 14.5 Å². The van der Waals surface area contributed by atoms with Crippen LogP contribution in [0.25, 0.3) is 11.0 Å². The second kappa shape index (κ2) is 8.37. The van der Waals surface area contributed by atoms with Crippen molar-refractivity contribution < 1.29 is 18.3 Å². The average molecular weight is 399 g/mol. The molecule has 0 aliphatic carbocycles. The normalized spacial score (nSPS) is 16.6. The van der Waals surface area contributed by atoms with Gasteiger partial charge in [-0.05, 0) is 50.1 Å². The summed E-state index contributed by atoms with van der Waals surface area (Å²) in [7, 11) is 0. The van der Waals surface area contributed by atoms with Gasteiger partial charge in [0.2, 0.25) is 0 Å². The topological polar surface area (TPSA) is 51.5 Å². The molecule has 1 saturated heterocycles. The minimum Gasteiger partial charge on any atom is -0.459 e. The largest absolute Gasteiger partial charge is 0.459 e. The molecule has 1 aromatic heterocycles. The minimum atomic E-state index is -0.302. The van der Waals surface area contributed by atoms with E-state index in [1.54, 1.807) is 17.8 Å². The molecule has 1 unspecified atom stereocenters. The number of amides is 1. The van der Waals surface area contributed by atoms with Crippen molar-refractivity contribution in [2.75, 3.05) is 12.4 Å². The van der Waals surface area contributed by atoms with Crippen LogP contribution in [0.4, 0.5) is 4.39 Å². The molecule has 28 heavy (non-hydrogen) atoms. The molecule has 1 atom stereocenters. The predicted octanol–water partition coefficient (Wildman–Crippen LogP) is 5.08. The van der Waals surface area contributed by atoms with Crippen LogP contribution in [0.3, 0.4) is 0 Å². The van der Waals surface area contributed by atoms with Gasteiger partial charge in [-0.1, -0.05) is 12.1 Å². The Balaban J connectivity index is 1.44. The van der Waals surface area contributed by atoms with E-state index in [9.17, 15) is 9.18 Å². The summed E-state index contributed by atoms with van der Waals surface area (Å²) >= 11 is 1.65. The van der Waals surface area contributed by atoms with E-state index in [1.165, 1.54) is 12.1 Å². The SMILES string of the molecule is Cc1c(CNC(=O)c2ccccc2SCC2CCCO2)oc2ccc(F)cc12. The van der Waals surface area contributed by atoms with Gasteiger partial charge >= 0.3 is 0 Å². The van der Waals surface area contributed by atoms with Crippen LogP contribution in [0.5, 0.6) is 0 Å². The first-order chi connectivity index (χ1) is 13.6. The molecule has 3 aromatic rings. The van der Waals surface area contributed by atoms with Gasteiger partial charge in [-0.2, -0.15) is 0 Å². The third kappa shape index (κ3) is 4.08. The molecule has 0 radical (unpaired) electrons. The van der Waals surface area contributed by atoms with E-state index in [0.717, 1.165) is 41.0 Å². The number of hydrogen-bond acceptors (Lipinski definition) is 4. The van der Waals surface area contributed by atoms with E-state index < -0.39 is 0 Å². The fourth-order valence-electron chi connectivity index (χ4n) is 3.41. The maximum absolute atomic E-state index is 13.5. The Morgan fingerprint density at radius 1 is 1.29 bits per heavy atom. The molecule has 146 valence electrons. The number of carbonyl (C=O) groups excluding carboxylic acids is 1. The van der Waals surface area contributed by atoms with Gasteiger partial charge in [-0.15, -0.1) is 11.8 Å². The zero-order valence-electron chi connectivity index (χ0n) is 15.7. The summed E-state index contributed by atoms with van der Waals surface area (Å²) in [6, 6.07) is 12.0. The van der Waals surface area contributed by atoms with Gasteiger partial charge in [-0.25, -0.2) is 4.39 Å². The molecule has 1 N–H and O–H groups in total. The highest BCUT2D eigenvalue weighted by Crippen LogP contribution is 2.28. The van der Waals surface area contributed by atoms with Gasteiger partial charge in [0.25, 0.3) is 5.91 Å². The molecule has 4 nitrogen and oxygen atoms in total. The number of hydrogen-bond donors (Lipinski definition) is 1. The van der Waals surface area contributed by atoms with Crippen LogP contribution in [0, 0.1) is 12.7 Å². The molecule has 1 aliphatic heterocycles. The van der Waals surface area contributed by atoms with Crippen molar-refractivity contribution in [3.63, 3.8) is 0 Å². The Morgan fingerprint density at radius 3 is 2.96 bits per heavy atom. The fourth-order valence-corrected chi connectivity index (χ4v) is 4.53. The molecule has 2 heterocycles. The van der Waals surface area contributed by atoms with Gasteiger partial charge in [-0.3, -0.25) is 4.79 Å². The van der Waals surface area contributed by atoms with Gasteiger partial charge in [0.15, 0.2) is 0 Å². The Labute approximate surface area is 167 Å². The molecule has 0 spiro atoms. The fraction of sp³-hybridized carbons (Fsp3) is 0.318. The molecule has 6 heteroatoms. The van der Waals surface area contributed by atoms with Crippen LogP contribution in [0.15, 0.2) is 51.8 Å². The summed E-state index contributed by atoms with van der Waals surface area (Å²) in [5, 5.41) is 3.66. The van der Waals surface area contributed by atoms with Crippen molar-refractivity contribution in [3.8, 4) is 0 Å². The van der Waals surface area contributed by atoms with E-state index in [4.69, 9.17) is 9.15 Å². The standard InChI is InChI=1S/C22H22FNO3S/c1-14-18-11-15(23)8-9-19(18)27-20(14)12-24-22(25)17-6-2-3-7-21(17)28-13-16-5-4-10-26-16/h2-3,6-9,11,16H,4-5,10,12-13H2,1H3,(H,24,25).